The van der Waals surface area contributed by atoms with Gasteiger partial charge in [-0.25, -0.2) is 14.6 Å². The third kappa shape index (κ3) is 5.75. The zero-order chi connectivity index (χ0) is 31.5. The summed E-state index contributed by atoms with van der Waals surface area (Å²) >= 11 is 1.20. The van der Waals surface area contributed by atoms with Gasteiger partial charge in [0.2, 0.25) is 0 Å². The van der Waals surface area contributed by atoms with Gasteiger partial charge in [-0.05, 0) is 48.9 Å². The third-order valence-corrected chi connectivity index (χ3v) is 8.26. The first-order valence-electron chi connectivity index (χ1n) is 14.1. The molecule has 0 fully saturated rings. The van der Waals surface area contributed by atoms with Crippen LogP contribution in [0.4, 0.5) is 0 Å². The molecule has 0 amide bonds. The zero-order valence-electron chi connectivity index (χ0n) is 24.7. The lowest BCUT2D eigenvalue weighted by Crippen LogP contribution is -2.40. The number of nitrogens with zero attached hydrogens (tertiary/aromatic N) is 2. The first-order valence-corrected chi connectivity index (χ1v) is 14.9. The van der Waals surface area contributed by atoms with Crippen LogP contribution in [-0.2, 0) is 14.3 Å². The van der Waals surface area contributed by atoms with Crippen LogP contribution in [0, 0.1) is 0 Å². The fourth-order valence-electron chi connectivity index (χ4n) is 5.17. The van der Waals surface area contributed by atoms with Gasteiger partial charge in [0.25, 0.3) is 5.56 Å². The van der Waals surface area contributed by atoms with Gasteiger partial charge < -0.3 is 18.6 Å². The maximum Gasteiger partial charge on any atom is 0.338 e. The van der Waals surface area contributed by atoms with E-state index in [0.29, 0.717) is 49.0 Å². The van der Waals surface area contributed by atoms with Crippen molar-refractivity contribution in [3.05, 3.63) is 139 Å². The number of carbonyl (C=O) groups is 2. The van der Waals surface area contributed by atoms with Crippen molar-refractivity contribution in [2.75, 3.05) is 20.8 Å². The van der Waals surface area contributed by atoms with E-state index >= 15 is 0 Å². The summed E-state index contributed by atoms with van der Waals surface area (Å²) in [7, 11) is 2.90. The van der Waals surface area contributed by atoms with Crippen LogP contribution >= 0.6 is 11.3 Å². The number of hydrogen-bond acceptors (Lipinski definition) is 9. The number of carbonyl (C=O) groups excluding carboxylic acids is 2. The number of methoxy groups -OCH3 is 2. The molecule has 0 bridgehead atoms. The Bertz CT molecular complexity index is 2110. The molecule has 3 heterocycles. The van der Waals surface area contributed by atoms with Crippen LogP contribution in [0.2, 0.25) is 0 Å². The Morgan fingerprint density at radius 1 is 0.933 bits per heavy atom. The average Bonchev–Trinajstić information content (AvgIpc) is 3.68. The molecule has 6 rings (SSSR count). The Kier molecular flexibility index (Phi) is 8.30. The molecule has 5 aromatic rings. The van der Waals surface area contributed by atoms with Gasteiger partial charge in [0, 0.05) is 17.2 Å². The number of hydrogen-bond donors (Lipinski definition) is 0. The summed E-state index contributed by atoms with van der Waals surface area (Å²) in [6, 6.07) is 26.2. The van der Waals surface area contributed by atoms with Crippen molar-refractivity contribution < 1.29 is 28.2 Å². The minimum absolute atomic E-state index is 0.160. The number of ether oxygens (including phenoxy) is 3. The summed E-state index contributed by atoms with van der Waals surface area (Å²) in [6.45, 7) is 1.90. The molecule has 10 heteroatoms. The average molecular weight is 621 g/mol. The molecular formula is C35H28N2O7S. The minimum Gasteiger partial charge on any atom is -0.497 e. The largest absolute Gasteiger partial charge is 0.497 e. The lowest BCUT2D eigenvalue weighted by atomic mass is 9.93. The molecule has 3 aromatic carbocycles. The van der Waals surface area contributed by atoms with Crippen LogP contribution in [0.3, 0.4) is 0 Å². The molecule has 0 spiro atoms. The second-order valence-electron chi connectivity index (χ2n) is 9.98. The van der Waals surface area contributed by atoms with Gasteiger partial charge in [-0.15, -0.1) is 0 Å². The summed E-state index contributed by atoms with van der Waals surface area (Å²) in [5.74, 6) is 0.592. The van der Waals surface area contributed by atoms with Crippen LogP contribution in [-0.4, -0.2) is 37.3 Å². The number of thiazole rings is 1. The predicted molar refractivity (Wildman–Crippen MR) is 170 cm³/mol. The standard InChI is InChI=1S/C35H28N2O7S/c1-4-43-34(40)29-30(21-9-6-5-7-10-21)36-35-37(31(29)22-13-15-25(41-2)16-14-22)32(38)28(45-35)20-26-17-18-27(44-26)23-11-8-12-24(19-23)33(39)42-3/h5-20,31H,4H2,1-3H3/b28-20-/t31-/m0/s1. The molecule has 1 aliphatic heterocycles. The van der Waals surface area contributed by atoms with E-state index in [4.69, 9.17) is 23.6 Å². The zero-order valence-corrected chi connectivity index (χ0v) is 25.5. The molecule has 0 unspecified atom stereocenters. The number of rotatable bonds is 8. The van der Waals surface area contributed by atoms with Gasteiger partial charge in [-0.1, -0.05) is 65.9 Å². The highest BCUT2D eigenvalue weighted by molar-refractivity contribution is 7.07. The number of esters is 2. The third-order valence-electron chi connectivity index (χ3n) is 7.27. The van der Waals surface area contributed by atoms with Crippen molar-refractivity contribution in [1.82, 2.24) is 4.57 Å². The summed E-state index contributed by atoms with van der Waals surface area (Å²) in [5.41, 5.74) is 2.87. The van der Waals surface area contributed by atoms with E-state index in [2.05, 4.69) is 0 Å². The first-order chi connectivity index (χ1) is 21.9. The highest BCUT2D eigenvalue weighted by Crippen LogP contribution is 2.35. The summed E-state index contributed by atoms with van der Waals surface area (Å²) < 4.78 is 23.7. The summed E-state index contributed by atoms with van der Waals surface area (Å²) in [5, 5.41) is 0. The molecule has 1 aliphatic rings. The van der Waals surface area contributed by atoms with E-state index in [9.17, 15) is 14.4 Å². The van der Waals surface area contributed by atoms with Crippen LogP contribution < -0.4 is 19.6 Å². The second-order valence-corrected chi connectivity index (χ2v) is 11.0. The van der Waals surface area contributed by atoms with Gasteiger partial charge in [0.15, 0.2) is 4.80 Å². The van der Waals surface area contributed by atoms with Crippen molar-refractivity contribution in [2.45, 2.75) is 13.0 Å². The first kappa shape index (κ1) is 29.6. The van der Waals surface area contributed by atoms with E-state index in [-0.39, 0.29) is 17.7 Å². The Morgan fingerprint density at radius 2 is 1.69 bits per heavy atom. The number of fused-ring (bicyclic) bond motifs is 1. The minimum atomic E-state index is -0.809. The molecule has 226 valence electrons. The van der Waals surface area contributed by atoms with Crippen molar-refractivity contribution in [3.63, 3.8) is 0 Å². The van der Waals surface area contributed by atoms with Gasteiger partial charge in [-0.2, -0.15) is 0 Å². The molecule has 0 aliphatic carbocycles. The van der Waals surface area contributed by atoms with Crippen LogP contribution in [0.15, 0.2) is 111 Å². The van der Waals surface area contributed by atoms with Crippen molar-refractivity contribution >= 4 is 35.0 Å². The van der Waals surface area contributed by atoms with E-state index in [1.807, 2.05) is 48.5 Å². The molecular weight excluding hydrogens is 592 g/mol. The van der Waals surface area contributed by atoms with Gasteiger partial charge in [0.05, 0.1) is 48.2 Å². The fraction of sp³-hybridized carbons (Fsp3) is 0.143. The smallest absolute Gasteiger partial charge is 0.338 e. The lowest BCUT2D eigenvalue weighted by Gasteiger charge is -2.26. The van der Waals surface area contributed by atoms with Crippen LogP contribution in [0.1, 0.15) is 40.2 Å². The molecule has 0 saturated carbocycles. The van der Waals surface area contributed by atoms with Crippen molar-refractivity contribution in [1.29, 1.82) is 0 Å². The van der Waals surface area contributed by atoms with E-state index < -0.39 is 18.0 Å². The van der Waals surface area contributed by atoms with E-state index in [1.165, 1.54) is 23.0 Å². The fourth-order valence-corrected chi connectivity index (χ4v) is 6.16. The second kappa shape index (κ2) is 12.6. The molecule has 2 aromatic heterocycles. The molecule has 1 atom stereocenters. The van der Waals surface area contributed by atoms with E-state index in [1.54, 1.807) is 62.6 Å². The Hall–Kier alpha value is -5.48. The topological polar surface area (TPSA) is 109 Å². The van der Waals surface area contributed by atoms with E-state index in [0.717, 1.165) is 5.56 Å². The summed E-state index contributed by atoms with van der Waals surface area (Å²) in [6.07, 6.45) is 1.65. The highest BCUT2D eigenvalue weighted by Gasteiger charge is 2.35. The Labute approximate surface area is 262 Å². The normalized spacial score (nSPS) is 14.5. The maximum atomic E-state index is 14.1. The Balaban J connectivity index is 1.52. The summed E-state index contributed by atoms with van der Waals surface area (Å²) in [4.78, 5) is 45.0. The van der Waals surface area contributed by atoms with Gasteiger partial charge >= 0.3 is 11.9 Å². The Morgan fingerprint density at radius 3 is 2.40 bits per heavy atom. The highest BCUT2D eigenvalue weighted by atomic mass is 32.1. The molecule has 0 saturated heterocycles. The van der Waals surface area contributed by atoms with Crippen LogP contribution in [0.5, 0.6) is 5.75 Å². The van der Waals surface area contributed by atoms with Crippen molar-refractivity contribution in [2.24, 2.45) is 4.99 Å². The monoisotopic (exact) mass is 620 g/mol. The van der Waals surface area contributed by atoms with Crippen molar-refractivity contribution in [3.8, 4) is 17.1 Å². The predicted octanol–water partition coefficient (Wildman–Crippen LogP) is 4.99. The number of furan rings is 1. The molecule has 45 heavy (non-hydrogen) atoms. The molecule has 9 nitrogen and oxygen atoms in total. The SMILES string of the molecule is CCOC(=O)C1=C(c2ccccc2)N=c2s/c(=C\c3ccc(-c4cccc(C(=O)OC)c4)o3)c(=O)n2[C@H]1c1ccc(OC)cc1. The number of aromatic nitrogens is 1. The molecule has 0 radical (unpaired) electrons. The lowest BCUT2D eigenvalue weighted by molar-refractivity contribution is -0.138. The quantitative estimate of drug-likeness (QED) is 0.225. The van der Waals surface area contributed by atoms with Gasteiger partial charge in [-0.3, -0.25) is 9.36 Å². The molecule has 0 N–H and O–H groups in total. The van der Waals surface area contributed by atoms with Gasteiger partial charge in [0.1, 0.15) is 17.3 Å². The van der Waals surface area contributed by atoms with Crippen LogP contribution in [0.25, 0.3) is 23.1 Å². The number of benzene rings is 3. The maximum absolute atomic E-state index is 14.1.